The maximum atomic E-state index is 12.7. The van der Waals surface area contributed by atoms with E-state index in [0.29, 0.717) is 16.5 Å². The number of nitrogens with one attached hydrogen (secondary N) is 1. The van der Waals surface area contributed by atoms with Crippen LogP contribution < -0.4 is 10.1 Å². The van der Waals surface area contributed by atoms with Gasteiger partial charge in [0.25, 0.3) is 5.91 Å². The summed E-state index contributed by atoms with van der Waals surface area (Å²) in [6.45, 7) is 3.70. The van der Waals surface area contributed by atoms with Crippen LogP contribution in [0.15, 0.2) is 24.3 Å². The molecule has 0 radical (unpaired) electrons. The second-order valence-electron chi connectivity index (χ2n) is 8.36. The lowest BCUT2D eigenvalue weighted by Crippen LogP contribution is -2.26. The molecule has 1 aliphatic carbocycles. The highest BCUT2D eigenvalue weighted by Gasteiger charge is 2.34. The number of esters is 1. The summed E-state index contributed by atoms with van der Waals surface area (Å²) in [7, 11) is 1.32. The molecule has 2 aromatic rings. The van der Waals surface area contributed by atoms with E-state index in [-0.39, 0.29) is 16.7 Å². The van der Waals surface area contributed by atoms with Gasteiger partial charge in [0.1, 0.15) is 10.8 Å². The zero-order valence-electron chi connectivity index (χ0n) is 17.4. The van der Waals surface area contributed by atoms with Crippen LogP contribution in [0.5, 0.6) is 5.75 Å². The standard InChI is InChI=1S/C22H25F2NO4S/c1-22(2,3)13-7-10-15-16(11-13)30-19(17(15)20(27)28-4)25-18(26)12-5-8-14(9-6-12)29-21(23)24/h5-6,8-9,13,21H,7,10-11H2,1-4H3,(H,25,26)/t13-/m1/s1. The smallest absolute Gasteiger partial charge is 0.387 e. The van der Waals surface area contributed by atoms with Crippen molar-refractivity contribution in [1.82, 2.24) is 0 Å². The number of hydrogen-bond acceptors (Lipinski definition) is 5. The number of thiophene rings is 1. The molecule has 8 heteroatoms. The highest BCUT2D eigenvalue weighted by atomic mass is 32.1. The molecular weight excluding hydrogens is 412 g/mol. The topological polar surface area (TPSA) is 64.6 Å². The molecule has 0 saturated heterocycles. The number of amides is 1. The largest absolute Gasteiger partial charge is 0.465 e. The van der Waals surface area contributed by atoms with Gasteiger partial charge in [-0.05, 0) is 60.4 Å². The Labute approximate surface area is 178 Å². The summed E-state index contributed by atoms with van der Waals surface area (Å²) in [5.74, 6) is -0.455. The zero-order valence-corrected chi connectivity index (χ0v) is 18.2. The van der Waals surface area contributed by atoms with Crippen molar-refractivity contribution >= 4 is 28.2 Å². The maximum Gasteiger partial charge on any atom is 0.387 e. The van der Waals surface area contributed by atoms with Gasteiger partial charge in [-0.15, -0.1) is 11.3 Å². The van der Waals surface area contributed by atoms with Gasteiger partial charge >= 0.3 is 12.6 Å². The third kappa shape index (κ3) is 4.80. The molecule has 0 aliphatic heterocycles. The van der Waals surface area contributed by atoms with E-state index in [9.17, 15) is 18.4 Å². The van der Waals surface area contributed by atoms with Crippen molar-refractivity contribution in [3.63, 3.8) is 0 Å². The molecule has 1 atom stereocenters. The van der Waals surface area contributed by atoms with Gasteiger partial charge in [0.15, 0.2) is 0 Å². The van der Waals surface area contributed by atoms with Gasteiger partial charge in [0.05, 0.1) is 12.7 Å². The normalized spacial score (nSPS) is 16.2. The van der Waals surface area contributed by atoms with Gasteiger partial charge in [-0.1, -0.05) is 20.8 Å². The van der Waals surface area contributed by atoms with E-state index >= 15 is 0 Å². The van der Waals surface area contributed by atoms with Gasteiger partial charge in [-0.25, -0.2) is 4.79 Å². The fourth-order valence-electron chi connectivity index (χ4n) is 3.69. The SMILES string of the molecule is COC(=O)c1c(NC(=O)c2ccc(OC(F)F)cc2)sc2c1CC[C@@H](C(C)(C)C)C2. The fraction of sp³-hybridized carbons (Fsp3) is 0.455. The van der Waals surface area contributed by atoms with E-state index in [1.54, 1.807) is 0 Å². The fourth-order valence-corrected chi connectivity index (χ4v) is 5.00. The van der Waals surface area contributed by atoms with E-state index in [0.717, 1.165) is 29.7 Å². The molecular formula is C22H25F2NO4S. The highest BCUT2D eigenvalue weighted by Crippen LogP contribution is 2.44. The minimum Gasteiger partial charge on any atom is -0.465 e. The van der Waals surface area contributed by atoms with Crippen LogP contribution in [0, 0.1) is 11.3 Å². The predicted molar refractivity (Wildman–Crippen MR) is 112 cm³/mol. The van der Waals surface area contributed by atoms with Crippen LogP contribution >= 0.6 is 11.3 Å². The number of alkyl halides is 2. The summed E-state index contributed by atoms with van der Waals surface area (Å²) >= 11 is 1.40. The number of carbonyl (C=O) groups excluding carboxylic acids is 2. The quantitative estimate of drug-likeness (QED) is 0.624. The maximum absolute atomic E-state index is 12.7. The number of rotatable bonds is 5. The van der Waals surface area contributed by atoms with Crippen molar-refractivity contribution in [1.29, 1.82) is 0 Å². The van der Waals surface area contributed by atoms with E-state index in [4.69, 9.17) is 4.74 Å². The Balaban J connectivity index is 1.86. The molecule has 1 N–H and O–H groups in total. The lowest BCUT2D eigenvalue weighted by molar-refractivity contribution is -0.0498. The van der Waals surface area contributed by atoms with Crippen molar-refractivity contribution in [3.05, 3.63) is 45.8 Å². The molecule has 0 saturated carbocycles. The average molecular weight is 438 g/mol. The van der Waals surface area contributed by atoms with Crippen molar-refractivity contribution in [3.8, 4) is 5.75 Å². The van der Waals surface area contributed by atoms with Crippen LogP contribution in [-0.2, 0) is 17.6 Å². The van der Waals surface area contributed by atoms with Crippen molar-refractivity contribution < 1.29 is 27.8 Å². The summed E-state index contributed by atoms with van der Waals surface area (Å²) in [4.78, 5) is 26.3. The Morgan fingerprint density at radius 3 is 2.43 bits per heavy atom. The van der Waals surface area contributed by atoms with Gasteiger partial charge < -0.3 is 14.8 Å². The lowest BCUT2D eigenvalue weighted by Gasteiger charge is -2.33. The molecule has 1 amide bonds. The minimum atomic E-state index is -2.93. The molecule has 0 bridgehead atoms. The van der Waals surface area contributed by atoms with E-state index in [2.05, 4.69) is 30.8 Å². The molecule has 1 aromatic heterocycles. The first-order chi connectivity index (χ1) is 14.1. The first-order valence-corrected chi connectivity index (χ1v) is 10.5. The van der Waals surface area contributed by atoms with Gasteiger partial charge in [-0.3, -0.25) is 4.79 Å². The third-order valence-corrected chi connectivity index (χ3v) is 6.62. The number of anilines is 1. The molecule has 30 heavy (non-hydrogen) atoms. The Morgan fingerprint density at radius 2 is 1.87 bits per heavy atom. The summed E-state index contributed by atoms with van der Waals surface area (Å²) in [5.41, 5.74) is 1.78. The summed E-state index contributed by atoms with van der Waals surface area (Å²) < 4.78 is 33.8. The lowest BCUT2D eigenvalue weighted by atomic mass is 9.72. The van der Waals surface area contributed by atoms with E-state index in [1.165, 1.54) is 42.7 Å². The van der Waals surface area contributed by atoms with Crippen molar-refractivity contribution in [2.24, 2.45) is 11.3 Å². The number of hydrogen-bond donors (Lipinski definition) is 1. The molecule has 1 aromatic carbocycles. The number of ether oxygens (including phenoxy) is 2. The third-order valence-electron chi connectivity index (χ3n) is 5.45. The van der Waals surface area contributed by atoms with Crippen LogP contribution in [0.2, 0.25) is 0 Å². The molecule has 3 rings (SSSR count). The molecule has 0 spiro atoms. The van der Waals surface area contributed by atoms with Crippen LogP contribution in [0.4, 0.5) is 13.8 Å². The Kier molecular flexibility index (Phi) is 6.45. The Hall–Kier alpha value is -2.48. The second kappa shape index (κ2) is 8.71. The number of benzene rings is 1. The summed E-state index contributed by atoms with van der Waals surface area (Å²) in [5, 5.41) is 3.26. The predicted octanol–water partition coefficient (Wildman–Crippen LogP) is 5.54. The van der Waals surface area contributed by atoms with Gasteiger partial charge in [-0.2, -0.15) is 8.78 Å². The average Bonchev–Trinajstić information content (AvgIpc) is 3.03. The van der Waals surface area contributed by atoms with Crippen molar-refractivity contribution in [2.45, 2.75) is 46.6 Å². The van der Waals surface area contributed by atoms with Crippen LogP contribution in [0.1, 0.15) is 58.3 Å². The van der Waals surface area contributed by atoms with Gasteiger partial charge in [0, 0.05) is 10.4 Å². The van der Waals surface area contributed by atoms with Crippen LogP contribution in [0.25, 0.3) is 0 Å². The molecule has 0 fully saturated rings. The van der Waals surface area contributed by atoms with Crippen molar-refractivity contribution in [2.75, 3.05) is 12.4 Å². The highest BCUT2D eigenvalue weighted by molar-refractivity contribution is 7.17. The van der Waals surface area contributed by atoms with Crippen LogP contribution in [0.3, 0.4) is 0 Å². The van der Waals surface area contributed by atoms with Gasteiger partial charge in [0.2, 0.25) is 0 Å². The first-order valence-electron chi connectivity index (χ1n) is 9.69. The van der Waals surface area contributed by atoms with Crippen LogP contribution in [-0.4, -0.2) is 25.6 Å². The monoisotopic (exact) mass is 437 g/mol. The number of halogens is 2. The number of fused-ring (bicyclic) bond motifs is 1. The van der Waals surface area contributed by atoms with E-state index in [1.807, 2.05) is 0 Å². The molecule has 1 heterocycles. The molecule has 5 nitrogen and oxygen atoms in total. The Bertz CT molecular complexity index is 932. The molecule has 0 unspecified atom stereocenters. The summed E-state index contributed by atoms with van der Waals surface area (Å²) in [6, 6.07) is 5.40. The number of methoxy groups -OCH3 is 1. The Morgan fingerprint density at radius 1 is 1.20 bits per heavy atom. The zero-order chi connectivity index (χ0) is 22.1. The first kappa shape index (κ1) is 22.2. The molecule has 162 valence electrons. The second-order valence-corrected chi connectivity index (χ2v) is 9.47. The van der Waals surface area contributed by atoms with E-state index < -0.39 is 18.5 Å². The number of carbonyl (C=O) groups is 2. The summed E-state index contributed by atoms with van der Waals surface area (Å²) in [6.07, 6.45) is 2.58. The molecule has 1 aliphatic rings. The minimum absolute atomic E-state index is 0.0309.